The smallest absolute Gasteiger partial charge is 0.256 e. The minimum atomic E-state index is -0.262. The van der Waals surface area contributed by atoms with Crippen molar-refractivity contribution in [1.82, 2.24) is 5.32 Å². The lowest BCUT2D eigenvalue weighted by Gasteiger charge is -2.11. The first-order valence-electron chi connectivity index (χ1n) is 9.78. The van der Waals surface area contributed by atoms with E-state index in [-0.39, 0.29) is 23.3 Å². The lowest BCUT2D eigenvalue weighted by molar-refractivity contribution is 0.0854. The maximum Gasteiger partial charge on any atom is 0.256 e. The maximum atomic E-state index is 12.9. The number of aryl methyl sites for hydroxylation is 2. The van der Waals surface area contributed by atoms with Gasteiger partial charge < -0.3 is 19.6 Å². The monoisotopic (exact) mass is 392 g/mol. The summed E-state index contributed by atoms with van der Waals surface area (Å²) in [5.41, 5.74) is 3.87. The molecule has 1 aromatic heterocycles. The van der Waals surface area contributed by atoms with Crippen LogP contribution in [0.2, 0.25) is 0 Å². The molecule has 4 rings (SSSR count). The number of hydrogen-bond acceptors (Lipinski definition) is 5. The number of fused-ring (bicyclic) bond motifs is 1. The van der Waals surface area contributed by atoms with E-state index in [2.05, 4.69) is 16.4 Å². The van der Waals surface area contributed by atoms with Crippen molar-refractivity contribution in [1.29, 1.82) is 0 Å². The molecule has 1 fully saturated rings. The molecule has 1 aliphatic rings. The van der Waals surface area contributed by atoms with Crippen molar-refractivity contribution in [2.45, 2.75) is 32.8 Å². The fourth-order valence-electron chi connectivity index (χ4n) is 3.59. The fourth-order valence-corrected chi connectivity index (χ4v) is 3.59. The van der Waals surface area contributed by atoms with Crippen LogP contribution in [0.25, 0.3) is 11.0 Å². The van der Waals surface area contributed by atoms with Crippen LogP contribution in [0, 0.1) is 13.8 Å². The Morgan fingerprint density at radius 1 is 1.17 bits per heavy atom. The Hall–Kier alpha value is -3.12. The zero-order chi connectivity index (χ0) is 20.4. The Labute approximate surface area is 168 Å². The van der Waals surface area contributed by atoms with Crippen LogP contribution < -0.4 is 10.9 Å². The number of ether oxygens (including phenoxy) is 1. The molecule has 0 radical (unpaired) electrons. The predicted molar refractivity (Wildman–Crippen MR) is 110 cm³/mol. The Balaban J connectivity index is 1.77. The number of rotatable bonds is 4. The summed E-state index contributed by atoms with van der Waals surface area (Å²) in [4.78, 5) is 17.5. The second-order valence-corrected chi connectivity index (χ2v) is 7.49. The highest BCUT2D eigenvalue weighted by molar-refractivity contribution is 5.96. The molecule has 1 aliphatic heterocycles. The molecule has 2 heterocycles. The molecule has 6 nitrogen and oxygen atoms in total. The van der Waals surface area contributed by atoms with Gasteiger partial charge in [-0.1, -0.05) is 6.07 Å². The van der Waals surface area contributed by atoms with Crippen LogP contribution in [0.15, 0.2) is 51.9 Å². The third-order valence-electron chi connectivity index (χ3n) is 4.93. The normalized spacial score (nSPS) is 17.0. The summed E-state index contributed by atoms with van der Waals surface area (Å²) in [5.74, 6) is -0.170. The third kappa shape index (κ3) is 4.49. The van der Waals surface area contributed by atoms with Crippen LogP contribution in [-0.2, 0) is 4.74 Å². The quantitative estimate of drug-likeness (QED) is 0.705. The van der Waals surface area contributed by atoms with Gasteiger partial charge in [0, 0.05) is 24.6 Å². The number of benzene rings is 2. The van der Waals surface area contributed by atoms with Gasteiger partial charge in [-0.25, -0.2) is 4.99 Å². The Bertz CT molecular complexity index is 1110. The minimum absolute atomic E-state index is 0.0492. The summed E-state index contributed by atoms with van der Waals surface area (Å²) in [6, 6.07) is 12.5. The Kier molecular flexibility index (Phi) is 5.36. The van der Waals surface area contributed by atoms with Crippen LogP contribution >= 0.6 is 0 Å². The molecule has 1 atom stereocenters. The number of phenols is 1. The van der Waals surface area contributed by atoms with E-state index in [9.17, 15) is 9.90 Å². The first-order valence-corrected chi connectivity index (χ1v) is 9.78. The van der Waals surface area contributed by atoms with E-state index in [0.717, 1.165) is 30.6 Å². The van der Waals surface area contributed by atoms with Gasteiger partial charge in [-0.15, -0.1) is 0 Å². The highest BCUT2D eigenvalue weighted by Gasteiger charge is 2.18. The van der Waals surface area contributed by atoms with Gasteiger partial charge >= 0.3 is 0 Å². The molecule has 1 amide bonds. The van der Waals surface area contributed by atoms with Crippen molar-refractivity contribution < 1.29 is 19.1 Å². The molecule has 0 unspecified atom stereocenters. The number of hydrogen-bond donors (Lipinski definition) is 2. The number of amides is 1. The van der Waals surface area contributed by atoms with Crippen LogP contribution in [0.5, 0.6) is 5.75 Å². The molecule has 0 aliphatic carbocycles. The predicted octanol–water partition coefficient (Wildman–Crippen LogP) is 3.90. The average molecular weight is 392 g/mol. The van der Waals surface area contributed by atoms with E-state index in [4.69, 9.17) is 9.15 Å². The highest BCUT2D eigenvalue weighted by Crippen LogP contribution is 2.21. The minimum Gasteiger partial charge on any atom is -0.508 e. The van der Waals surface area contributed by atoms with Crippen molar-refractivity contribution in [3.8, 4) is 5.75 Å². The van der Waals surface area contributed by atoms with Gasteiger partial charge in [0.1, 0.15) is 16.9 Å². The molecule has 6 heteroatoms. The molecule has 150 valence electrons. The average Bonchev–Trinajstić information content (AvgIpc) is 3.18. The lowest BCUT2D eigenvalue weighted by Crippen LogP contribution is -2.34. The van der Waals surface area contributed by atoms with Crippen molar-refractivity contribution in [3.63, 3.8) is 0 Å². The summed E-state index contributed by atoms with van der Waals surface area (Å²) >= 11 is 0. The molecule has 0 spiro atoms. The molecule has 2 N–H and O–H groups in total. The summed E-state index contributed by atoms with van der Waals surface area (Å²) in [5, 5.41) is 13.4. The zero-order valence-electron chi connectivity index (χ0n) is 16.6. The highest BCUT2D eigenvalue weighted by atomic mass is 16.5. The molecule has 3 aromatic rings. The van der Waals surface area contributed by atoms with Crippen LogP contribution in [-0.4, -0.2) is 30.3 Å². The van der Waals surface area contributed by atoms with E-state index in [1.165, 1.54) is 6.07 Å². The Morgan fingerprint density at radius 3 is 2.69 bits per heavy atom. The summed E-state index contributed by atoms with van der Waals surface area (Å²) in [7, 11) is 0. The molecule has 0 bridgehead atoms. The lowest BCUT2D eigenvalue weighted by atomic mass is 10.1. The maximum absolute atomic E-state index is 12.9. The van der Waals surface area contributed by atoms with Crippen molar-refractivity contribution in [2.75, 3.05) is 13.2 Å². The van der Waals surface area contributed by atoms with Gasteiger partial charge in [0.05, 0.1) is 11.8 Å². The largest absolute Gasteiger partial charge is 0.508 e. The van der Waals surface area contributed by atoms with Gasteiger partial charge in [0.15, 0.2) is 0 Å². The van der Waals surface area contributed by atoms with E-state index in [1.807, 2.05) is 26.0 Å². The van der Waals surface area contributed by atoms with Gasteiger partial charge in [-0.3, -0.25) is 4.79 Å². The van der Waals surface area contributed by atoms with Crippen molar-refractivity contribution in [3.05, 3.63) is 64.7 Å². The number of nitrogens with zero attached hydrogens (tertiary/aromatic N) is 1. The van der Waals surface area contributed by atoms with Crippen molar-refractivity contribution in [2.24, 2.45) is 4.99 Å². The second kappa shape index (κ2) is 8.09. The van der Waals surface area contributed by atoms with Gasteiger partial charge in [0.2, 0.25) is 5.55 Å². The van der Waals surface area contributed by atoms with Crippen LogP contribution in [0.3, 0.4) is 0 Å². The topological polar surface area (TPSA) is 84.1 Å². The Morgan fingerprint density at radius 2 is 1.97 bits per heavy atom. The first-order chi connectivity index (χ1) is 14.0. The van der Waals surface area contributed by atoms with Crippen molar-refractivity contribution >= 4 is 22.6 Å². The first kappa shape index (κ1) is 19.2. The van der Waals surface area contributed by atoms with Gasteiger partial charge in [-0.05, 0) is 68.1 Å². The zero-order valence-corrected chi connectivity index (χ0v) is 16.6. The van der Waals surface area contributed by atoms with E-state index < -0.39 is 0 Å². The number of phenolic OH excluding ortho intramolecular Hbond substituents is 1. The summed E-state index contributed by atoms with van der Waals surface area (Å²) in [6.07, 6.45) is 2.01. The summed E-state index contributed by atoms with van der Waals surface area (Å²) in [6.45, 7) is 5.19. The number of carbonyl (C=O) groups is 1. The third-order valence-corrected chi connectivity index (χ3v) is 4.93. The van der Waals surface area contributed by atoms with Gasteiger partial charge in [-0.2, -0.15) is 0 Å². The number of aromatic hydroxyl groups is 1. The SMILES string of the molecule is Cc1cc(C)cc(N=c2oc3cc(O)ccc3cc2C(=O)NC[C@H]2CCCO2)c1. The molecule has 29 heavy (non-hydrogen) atoms. The summed E-state index contributed by atoms with van der Waals surface area (Å²) < 4.78 is 11.5. The number of nitrogens with one attached hydrogen (secondary N) is 1. The van der Waals surface area contributed by atoms with E-state index in [1.54, 1.807) is 18.2 Å². The van der Waals surface area contributed by atoms with Crippen LogP contribution in [0.4, 0.5) is 5.69 Å². The number of carbonyl (C=O) groups excluding carboxylic acids is 1. The molecular weight excluding hydrogens is 368 g/mol. The standard InChI is InChI=1S/C23H24N2O4/c1-14-8-15(2)10-17(9-14)25-23-20(22(27)24-13-19-4-3-7-28-19)11-16-5-6-18(26)12-21(16)29-23/h5-6,8-12,19,26H,3-4,7,13H2,1-2H3,(H,24,27)/t19-/m1/s1. The fraction of sp³-hybridized carbons (Fsp3) is 0.304. The van der Waals surface area contributed by atoms with Gasteiger partial charge in [0.25, 0.3) is 5.91 Å². The van der Waals surface area contributed by atoms with Crippen LogP contribution in [0.1, 0.15) is 34.3 Å². The molecule has 0 saturated carbocycles. The van der Waals surface area contributed by atoms with E-state index >= 15 is 0 Å². The van der Waals surface area contributed by atoms with E-state index in [0.29, 0.717) is 28.8 Å². The molecule has 2 aromatic carbocycles. The molecular formula is C23H24N2O4. The molecule has 1 saturated heterocycles. The second-order valence-electron chi connectivity index (χ2n) is 7.49.